The van der Waals surface area contributed by atoms with Crippen LogP contribution in [0.2, 0.25) is 0 Å². The number of rotatable bonds is 3. The molecule has 0 aliphatic rings. The fourth-order valence-electron chi connectivity index (χ4n) is 1.52. The molecule has 0 aliphatic carbocycles. The lowest BCUT2D eigenvalue weighted by atomic mass is 10.2. The number of nitrogens with one attached hydrogen (secondary N) is 2. The molecule has 0 saturated carbocycles. The van der Waals surface area contributed by atoms with Gasteiger partial charge in [-0.25, -0.2) is 9.59 Å². The van der Waals surface area contributed by atoms with Crippen molar-refractivity contribution < 1.29 is 14.7 Å². The number of carboxylic acid groups (broad SMARTS) is 1. The smallest absolute Gasteiger partial charge is 0.335 e. The lowest BCUT2D eigenvalue weighted by molar-refractivity contribution is 0.0697. The van der Waals surface area contributed by atoms with E-state index in [-0.39, 0.29) is 5.56 Å². The Balaban J connectivity index is 2.06. The van der Waals surface area contributed by atoms with Crippen molar-refractivity contribution in [3.05, 3.63) is 40.6 Å². The minimum atomic E-state index is -1.03. The van der Waals surface area contributed by atoms with Crippen molar-refractivity contribution in [1.82, 2.24) is 9.78 Å². The summed E-state index contributed by atoms with van der Waals surface area (Å²) in [7, 11) is 1.74. The average molecular weight is 339 g/mol. The fourth-order valence-corrected chi connectivity index (χ4v) is 2.00. The van der Waals surface area contributed by atoms with Gasteiger partial charge in [0, 0.05) is 17.7 Å². The van der Waals surface area contributed by atoms with Gasteiger partial charge in [-0.2, -0.15) is 5.10 Å². The zero-order valence-corrected chi connectivity index (χ0v) is 12.0. The third-order valence-corrected chi connectivity index (χ3v) is 3.08. The Morgan fingerprint density at radius 1 is 1.35 bits per heavy atom. The second-order valence-corrected chi connectivity index (χ2v) is 4.84. The topological polar surface area (TPSA) is 96.2 Å². The standard InChI is InChI=1S/C12H11BrN4O3/c1-17-6-8(5-14-17)15-12(20)16-10-3-2-7(11(18)19)4-9(10)13/h2-6H,1H3,(H,18,19)(H2,15,16,20). The van der Waals surface area contributed by atoms with Gasteiger partial charge in [0.25, 0.3) is 0 Å². The van der Waals surface area contributed by atoms with Crippen LogP contribution in [0.25, 0.3) is 0 Å². The Kier molecular flexibility index (Phi) is 4.04. The first-order valence-electron chi connectivity index (χ1n) is 5.55. The number of anilines is 2. The molecule has 0 spiro atoms. The lowest BCUT2D eigenvalue weighted by Gasteiger charge is -2.08. The Morgan fingerprint density at radius 2 is 2.10 bits per heavy atom. The van der Waals surface area contributed by atoms with Crippen LogP contribution >= 0.6 is 15.9 Å². The second kappa shape index (κ2) is 5.74. The van der Waals surface area contributed by atoms with Crippen molar-refractivity contribution in [2.24, 2.45) is 7.05 Å². The molecule has 0 aliphatic heterocycles. The summed E-state index contributed by atoms with van der Waals surface area (Å²) in [5.74, 6) is -1.03. The van der Waals surface area contributed by atoms with E-state index in [1.54, 1.807) is 17.9 Å². The highest BCUT2D eigenvalue weighted by molar-refractivity contribution is 9.10. The Morgan fingerprint density at radius 3 is 2.65 bits per heavy atom. The van der Waals surface area contributed by atoms with Gasteiger partial charge in [0.15, 0.2) is 0 Å². The van der Waals surface area contributed by atoms with Crippen molar-refractivity contribution in [2.75, 3.05) is 10.6 Å². The minimum Gasteiger partial charge on any atom is -0.478 e. The molecule has 3 N–H and O–H groups in total. The van der Waals surface area contributed by atoms with E-state index in [1.165, 1.54) is 24.4 Å². The van der Waals surface area contributed by atoms with Gasteiger partial charge in [-0.05, 0) is 34.1 Å². The Hall–Kier alpha value is -2.35. The summed E-state index contributed by atoms with van der Waals surface area (Å²) in [5.41, 5.74) is 1.16. The molecule has 20 heavy (non-hydrogen) atoms. The molecule has 104 valence electrons. The van der Waals surface area contributed by atoms with E-state index >= 15 is 0 Å². The number of aryl methyl sites for hydroxylation is 1. The summed E-state index contributed by atoms with van der Waals surface area (Å²) < 4.78 is 2.05. The molecule has 2 rings (SSSR count). The van der Waals surface area contributed by atoms with Crippen molar-refractivity contribution >= 4 is 39.3 Å². The number of aromatic nitrogens is 2. The predicted octanol–water partition coefficient (Wildman–Crippen LogP) is 2.52. The quantitative estimate of drug-likeness (QED) is 0.801. The third-order valence-electron chi connectivity index (χ3n) is 2.43. The number of carboxylic acids is 1. The highest BCUT2D eigenvalue weighted by Crippen LogP contribution is 2.24. The normalized spacial score (nSPS) is 10.1. The Bertz CT molecular complexity index is 668. The number of nitrogens with zero attached hydrogens (tertiary/aromatic N) is 2. The maximum atomic E-state index is 11.8. The monoisotopic (exact) mass is 338 g/mol. The third kappa shape index (κ3) is 3.35. The van der Waals surface area contributed by atoms with E-state index in [2.05, 4.69) is 31.7 Å². The summed E-state index contributed by atoms with van der Waals surface area (Å²) in [5, 5.41) is 18.0. The largest absolute Gasteiger partial charge is 0.478 e. The molecule has 0 radical (unpaired) electrons. The number of carbonyl (C=O) groups is 2. The summed E-state index contributed by atoms with van der Waals surface area (Å²) in [6.45, 7) is 0. The van der Waals surface area contributed by atoms with Gasteiger partial charge in [0.2, 0.25) is 0 Å². The molecule has 0 bridgehead atoms. The van der Waals surface area contributed by atoms with E-state index in [4.69, 9.17) is 5.11 Å². The average Bonchev–Trinajstić information content (AvgIpc) is 2.77. The SMILES string of the molecule is Cn1cc(NC(=O)Nc2ccc(C(=O)O)cc2Br)cn1. The first-order valence-corrected chi connectivity index (χ1v) is 6.34. The molecule has 0 unspecified atom stereocenters. The van der Waals surface area contributed by atoms with Crippen molar-refractivity contribution in [3.8, 4) is 0 Å². The minimum absolute atomic E-state index is 0.134. The molecule has 1 heterocycles. The molecule has 0 fully saturated rings. The van der Waals surface area contributed by atoms with Gasteiger partial charge in [-0.1, -0.05) is 0 Å². The molecule has 1 aromatic carbocycles. The van der Waals surface area contributed by atoms with E-state index < -0.39 is 12.0 Å². The predicted molar refractivity (Wildman–Crippen MR) is 77.0 cm³/mol. The van der Waals surface area contributed by atoms with E-state index in [1.807, 2.05) is 0 Å². The molecule has 2 amide bonds. The van der Waals surface area contributed by atoms with Crippen LogP contribution in [0.3, 0.4) is 0 Å². The molecular formula is C12H11BrN4O3. The maximum absolute atomic E-state index is 11.8. The second-order valence-electron chi connectivity index (χ2n) is 3.98. The first-order chi connectivity index (χ1) is 9.45. The number of urea groups is 1. The molecule has 0 saturated heterocycles. The highest BCUT2D eigenvalue weighted by Gasteiger charge is 2.09. The fraction of sp³-hybridized carbons (Fsp3) is 0.0833. The highest BCUT2D eigenvalue weighted by atomic mass is 79.9. The van der Waals surface area contributed by atoms with E-state index in [0.29, 0.717) is 15.8 Å². The van der Waals surface area contributed by atoms with Crippen molar-refractivity contribution in [1.29, 1.82) is 0 Å². The summed E-state index contributed by atoms with van der Waals surface area (Å²) >= 11 is 3.21. The molecule has 7 nitrogen and oxygen atoms in total. The van der Waals surface area contributed by atoms with Gasteiger partial charge in [-0.15, -0.1) is 0 Å². The van der Waals surface area contributed by atoms with Crippen LogP contribution in [-0.4, -0.2) is 26.9 Å². The molecule has 0 atom stereocenters. The van der Waals surface area contributed by atoms with Crippen LogP contribution < -0.4 is 10.6 Å². The van der Waals surface area contributed by atoms with E-state index in [0.717, 1.165) is 0 Å². The van der Waals surface area contributed by atoms with Crippen molar-refractivity contribution in [2.45, 2.75) is 0 Å². The van der Waals surface area contributed by atoms with Crippen LogP contribution in [-0.2, 0) is 7.05 Å². The van der Waals surface area contributed by atoms with Gasteiger partial charge < -0.3 is 15.7 Å². The zero-order chi connectivity index (χ0) is 14.7. The number of halogens is 1. The van der Waals surface area contributed by atoms with Crippen LogP contribution in [0.4, 0.5) is 16.2 Å². The van der Waals surface area contributed by atoms with Crippen LogP contribution in [0.5, 0.6) is 0 Å². The van der Waals surface area contributed by atoms with Crippen LogP contribution in [0.15, 0.2) is 35.1 Å². The maximum Gasteiger partial charge on any atom is 0.335 e. The number of hydrogen-bond donors (Lipinski definition) is 3. The molecule has 8 heteroatoms. The van der Waals surface area contributed by atoms with E-state index in [9.17, 15) is 9.59 Å². The van der Waals surface area contributed by atoms with Gasteiger partial charge in [-0.3, -0.25) is 4.68 Å². The molecule has 2 aromatic rings. The molecule has 1 aromatic heterocycles. The van der Waals surface area contributed by atoms with Gasteiger partial charge in [0.05, 0.1) is 23.1 Å². The van der Waals surface area contributed by atoms with Crippen LogP contribution in [0, 0.1) is 0 Å². The number of carbonyl (C=O) groups excluding carboxylic acids is 1. The number of hydrogen-bond acceptors (Lipinski definition) is 3. The number of amides is 2. The lowest BCUT2D eigenvalue weighted by Crippen LogP contribution is -2.19. The van der Waals surface area contributed by atoms with Crippen LogP contribution in [0.1, 0.15) is 10.4 Å². The molecular weight excluding hydrogens is 328 g/mol. The summed E-state index contributed by atoms with van der Waals surface area (Å²) in [6.07, 6.45) is 3.17. The summed E-state index contributed by atoms with van der Waals surface area (Å²) in [4.78, 5) is 22.6. The zero-order valence-electron chi connectivity index (χ0n) is 10.4. The number of aromatic carboxylic acids is 1. The van der Waals surface area contributed by atoms with Gasteiger partial charge in [0.1, 0.15) is 0 Å². The van der Waals surface area contributed by atoms with Crippen molar-refractivity contribution in [3.63, 3.8) is 0 Å². The Labute approximate surface area is 122 Å². The van der Waals surface area contributed by atoms with Gasteiger partial charge >= 0.3 is 12.0 Å². The first kappa shape index (κ1) is 14.1. The summed E-state index contributed by atoms with van der Waals surface area (Å²) in [6, 6.07) is 3.90. The number of benzene rings is 1.